The number of nitro benzene ring substituents is 1. The number of nitro groups is 1. The number of hydrogen-bond donors (Lipinski definition) is 1. The Morgan fingerprint density at radius 3 is 2.47 bits per heavy atom. The van der Waals surface area contributed by atoms with E-state index < -0.39 is 4.92 Å². The van der Waals surface area contributed by atoms with Gasteiger partial charge in [0, 0.05) is 23.9 Å². The summed E-state index contributed by atoms with van der Waals surface area (Å²) in [6.45, 7) is 0. The van der Waals surface area contributed by atoms with Crippen molar-refractivity contribution < 1.29 is 9.66 Å². The Labute approximate surface area is 118 Å². The fourth-order valence-corrected chi connectivity index (χ4v) is 1.76. The third kappa shape index (κ3) is 3.07. The Balaban J connectivity index is 2.44. The summed E-state index contributed by atoms with van der Waals surface area (Å²) in [5.41, 5.74) is 5.82. The van der Waals surface area contributed by atoms with Gasteiger partial charge in [-0.05, 0) is 12.1 Å². The lowest BCUT2D eigenvalue weighted by Gasteiger charge is -2.08. The summed E-state index contributed by atoms with van der Waals surface area (Å²) in [7, 11) is 0. The summed E-state index contributed by atoms with van der Waals surface area (Å²) in [5.74, 6) is 0.381. The van der Waals surface area contributed by atoms with Crippen LogP contribution < -0.4 is 10.5 Å². The number of nitrogens with zero attached hydrogens (tertiary/aromatic N) is 1. The second-order valence-electron chi connectivity index (χ2n) is 3.67. The van der Waals surface area contributed by atoms with Gasteiger partial charge in [-0.3, -0.25) is 10.1 Å². The van der Waals surface area contributed by atoms with E-state index >= 15 is 0 Å². The highest BCUT2D eigenvalue weighted by Crippen LogP contribution is 2.38. The summed E-state index contributed by atoms with van der Waals surface area (Å²) >= 11 is 11.6. The molecule has 5 nitrogen and oxygen atoms in total. The number of nitrogens with two attached hydrogens (primary N) is 1. The zero-order valence-corrected chi connectivity index (χ0v) is 11.0. The first-order chi connectivity index (χ1) is 8.97. The van der Waals surface area contributed by atoms with E-state index in [0.717, 1.165) is 6.07 Å². The third-order valence-corrected chi connectivity index (χ3v) is 3.01. The highest BCUT2D eigenvalue weighted by atomic mass is 35.5. The summed E-state index contributed by atoms with van der Waals surface area (Å²) in [5, 5.41) is 11.2. The number of nitrogen functional groups attached to an aromatic ring is 1. The van der Waals surface area contributed by atoms with Crippen molar-refractivity contribution in [1.29, 1.82) is 0 Å². The molecule has 2 rings (SSSR count). The Morgan fingerprint density at radius 1 is 1.16 bits per heavy atom. The highest BCUT2D eigenvalue weighted by Gasteiger charge is 2.19. The number of rotatable bonds is 3. The maximum atomic E-state index is 10.9. The predicted octanol–water partition coefficient (Wildman–Crippen LogP) is 4.28. The minimum atomic E-state index is -0.593. The van der Waals surface area contributed by atoms with E-state index in [0.29, 0.717) is 11.4 Å². The Hall–Kier alpha value is -1.98. The van der Waals surface area contributed by atoms with Gasteiger partial charge in [-0.1, -0.05) is 29.3 Å². The molecule has 2 N–H and O–H groups in total. The Bertz CT molecular complexity index is 647. The fourth-order valence-electron chi connectivity index (χ4n) is 1.45. The van der Waals surface area contributed by atoms with Gasteiger partial charge in [0.2, 0.25) is 5.75 Å². The summed E-state index contributed by atoms with van der Waals surface area (Å²) < 4.78 is 5.42. The van der Waals surface area contributed by atoms with Crippen molar-refractivity contribution in [2.75, 3.05) is 5.73 Å². The largest absolute Gasteiger partial charge is 0.450 e. The number of hydrogen-bond acceptors (Lipinski definition) is 4. The van der Waals surface area contributed by atoms with Crippen LogP contribution in [0.2, 0.25) is 10.0 Å². The van der Waals surface area contributed by atoms with Crippen LogP contribution in [0.3, 0.4) is 0 Å². The fraction of sp³-hybridized carbons (Fsp3) is 0. The van der Waals surface area contributed by atoms with Crippen LogP contribution in [0.1, 0.15) is 0 Å². The third-order valence-electron chi connectivity index (χ3n) is 2.28. The molecule has 0 aliphatic carbocycles. The van der Waals surface area contributed by atoms with Crippen molar-refractivity contribution in [1.82, 2.24) is 0 Å². The number of benzene rings is 2. The predicted molar refractivity (Wildman–Crippen MR) is 74.0 cm³/mol. The molecule has 0 saturated carbocycles. The normalized spacial score (nSPS) is 10.2. The van der Waals surface area contributed by atoms with Gasteiger partial charge in [-0.15, -0.1) is 0 Å². The highest BCUT2D eigenvalue weighted by molar-refractivity contribution is 6.42. The minimum absolute atomic E-state index is 0.00463. The summed E-state index contributed by atoms with van der Waals surface area (Å²) in [4.78, 5) is 10.3. The number of anilines is 1. The molecule has 0 unspecified atom stereocenters. The monoisotopic (exact) mass is 298 g/mol. The van der Waals surface area contributed by atoms with E-state index in [-0.39, 0.29) is 21.5 Å². The van der Waals surface area contributed by atoms with Gasteiger partial charge in [0.15, 0.2) is 0 Å². The van der Waals surface area contributed by atoms with Gasteiger partial charge in [0.05, 0.1) is 15.0 Å². The quantitative estimate of drug-likeness (QED) is 0.521. The van der Waals surface area contributed by atoms with E-state index in [9.17, 15) is 10.1 Å². The summed E-state index contributed by atoms with van der Waals surface area (Å²) in [6, 6.07) is 8.97. The maximum Gasteiger partial charge on any atom is 0.313 e. The molecule has 2 aromatic rings. The van der Waals surface area contributed by atoms with Crippen molar-refractivity contribution in [2.45, 2.75) is 0 Å². The number of halogens is 2. The van der Waals surface area contributed by atoms with Crippen LogP contribution in [0, 0.1) is 10.1 Å². The molecule has 0 aromatic heterocycles. The molecule has 0 bridgehead atoms. The molecule has 98 valence electrons. The lowest BCUT2D eigenvalue weighted by atomic mass is 10.3. The second-order valence-corrected chi connectivity index (χ2v) is 4.48. The lowest BCUT2D eigenvalue weighted by molar-refractivity contribution is -0.385. The Kier molecular flexibility index (Phi) is 3.78. The molecule has 0 fully saturated rings. The van der Waals surface area contributed by atoms with Crippen LogP contribution in [0.4, 0.5) is 11.4 Å². The van der Waals surface area contributed by atoms with Gasteiger partial charge in [-0.2, -0.15) is 0 Å². The minimum Gasteiger partial charge on any atom is -0.450 e. The molecular weight excluding hydrogens is 291 g/mol. The van der Waals surface area contributed by atoms with Crippen LogP contribution in [0.5, 0.6) is 11.5 Å². The van der Waals surface area contributed by atoms with Crippen LogP contribution in [-0.2, 0) is 0 Å². The molecule has 0 spiro atoms. The molecule has 2 aromatic carbocycles. The van der Waals surface area contributed by atoms with Crippen molar-refractivity contribution in [3.8, 4) is 11.5 Å². The van der Waals surface area contributed by atoms with E-state index in [2.05, 4.69) is 0 Å². The smallest absolute Gasteiger partial charge is 0.313 e. The second kappa shape index (κ2) is 5.34. The van der Waals surface area contributed by atoms with Crippen LogP contribution in [0.25, 0.3) is 0 Å². The first kappa shape index (κ1) is 13.5. The van der Waals surface area contributed by atoms with Crippen LogP contribution >= 0.6 is 23.2 Å². The molecule has 0 aliphatic rings. The van der Waals surface area contributed by atoms with Crippen molar-refractivity contribution in [3.63, 3.8) is 0 Å². The maximum absolute atomic E-state index is 10.9. The van der Waals surface area contributed by atoms with Crippen molar-refractivity contribution in [2.24, 2.45) is 0 Å². The standard InChI is InChI=1S/C12H8Cl2N2O3/c13-9-5-11(16(17)18)12(6-10(9)14)19-8-3-1-2-7(15)4-8/h1-6H,15H2. The summed E-state index contributed by atoms with van der Waals surface area (Å²) in [6.07, 6.45) is 0. The average molecular weight is 299 g/mol. The van der Waals surface area contributed by atoms with Crippen LogP contribution in [0.15, 0.2) is 36.4 Å². The molecule has 19 heavy (non-hydrogen) atoms. The molecule has 0 heterocycles. The van der Waals surface area contributed by atoms with Gasteiger partial charge in [-0.25, -0.2) is 0 Å². The SMILES string of the molecule is Nc1cccc(Oc2cc(Cl)c(Cl)cc2[N+](=O)[O-])c1. The molecule has 0 atom stereocenters. The zero-order valence-electron chi connectivity index (χ0n) is 9.47. The van der Waals surface area contributed by atoms with Crippen LogP contribution in [-0.4, -0.2) is 4.92 Å². The molecule has 0 saturated heterocycles. The van der Waals surface area contributed by atoms with E-state index in [1.807, 2.05) is 0 Å². The lowest BCUT2D eigenvalue weighted by Crippen LogP contribution is -1.94. The zero-order chi connectivity index (χ0) is 14.0. The van der Waals surface area contributed by atoms with Gasteiger partial charge >= 0.3 is 5.69 Å². The first-order valence-corrected chi connectivity index (χ1v) is 5.90. The number of ether oxygens (including phenoxy) is 1. The molecule has 0 aliphatic heterocycles. The molecular formula is C12H8Cl2N2O3. The first-order valence-electron chi connectivity index (χ1n) is 5.14. The van der Waals surface area contributed by atoms with Gasteiger partial charge in [0.25, 0.3) is 0 Å². The van der Waals surface area contributed by atoms with Crippen molar-refractivity contribution in [3.05, 3.63) is 56.6 Å². The van der Waals surface area contributed by atoms with E-state index in [4.69, 9.17) is 33.7 Å². The average Bonchev–Trinajstić information content (AvgIpc) is 2.33. The van der Waals surface area contributed by atoms with E-state index in [1.54, 1.807) is 24.3 Å². The van der Waals surface area contributed by atoms with E-state index in [1.165, 1.54) is 6.07 Å². The van der Waals surface area contributed by atoms with Crippen molar-refractivity contribution >= 4 is 34.6 Å². The van der Waals surface area contributed by atoms with Gasteiger partial charge in [0.1, 0.15) is 5.75 Å². The molecule has 0 radical (unpaired) electrons. The topological polar surface area (TPSA) is 78.4 Å². The van der Waals surface area contributed by atoms with Gasteiger partial charge < -0.3 is 10.5 Å². The molecule has 0 amide bonds. The molecule has 7 heteroatoms. The Morgan fingerprint density at radius 2 is 1.84 bits per heavy atom.